The zero-order valence-electron chi connectivity index (χ0n) is 20.3. The molecule has 0 unspecified atom stereocenters. The summed E-state index contributed by atoms with van der Waals surface area (Å²) in [4.78, 5) is 29.2. The molecular formula is C28H28N6O2. The highest BCUT2D eigenvalue weighted by Crippen LogP contribution is 2.32. The third kappa shape index (κ3) is 4.23. The van der Waals surface area contributed by atoms with Crippen molar-refractivity contribution in [2.45, 2.75) is 13.0 Å². The standard InChI is InChI=1S/C28H28N6O2/c1-32(2)17-20-6-3-4-9-23(20)18-10-12-21(13-11-18)33-15-14-24-25(28(33)36)34(31-26(24)29)22-8-5-7-19(16-22)27(30)35/h3-13,16H,14-15,17H2,1-2H3,(H2,29,31)(H2,30,35). The first-order valence-electron chi connectivity index (χ1n) is 11.8. The van der Waals surface area contributed by atoms with Gasteiger partial charge in [0.25, 0.3) is 5.91 Å². The monoisotopic (exact) mass is 480 g/mol. The molecule has 36 heavy (non-hydrogen) atoms. The molecule has 1 aliphatic rings. The molecule has 0 fully saturated rings. The van der Waals surface area contributed by atoms with Gasteiger partial charge >= 0.3 is 0 Å². The third-order valence-electron chi connectivity index (χ3n) is 6.42. The van der Waals surface area contributed by atoms with Gasteiger partial charge in [-0.2, -0.15) is 0 Å². The predicted octanol–water partition coefficient (Wildman–Crippen LogP) is 3.48. The summed E-state index contributed by atoms with van der Waals surface area (Å²) in [6, 6.07) is 23.1. The molecule has 4 aromatic rings. The van der Waals surface area contributed by atoms with Crippen LogP contribution in [0.5, 0.6) is 0 Å². The summed E-state index contributed by atoms with van der Waals surface area (Å²) in [6.45, 7) is 1.34. The average molecular weight is 481 g/mol. The van der Waals surface area contributed by atoms with E-state index in [4.69, 9.17) is 11.5 Å². The Balaban J connectivity index is 1.48. The van der Waals surface area contributed by atoms with Gasteiger partial charge in [-0.15, -0.1) is 5.10 Å². The zero-order chi connectivity index (χ0) is 25.4. The van der Waals surface area contributed by atoms with E-state index in [0.717, 1.165) is 23.4 Å². The smallest absolute Gasteiger partial charge is 0.277 e. The van der Waals surface area contributed by atoms with Crippen molar-refractivity contribution in [2.75, 3.05) is 31.3 Å². The van der Waals surface area contributed by atoms with Crippen molar-refractivity contribution < 1.29 is 9.59 Å². The summed E-state index contributed by atoms with van der Waals surface area (Å²) >= 11 is 0. The van der Waals surface area contributed by atoms with Crippen LogP contribution < -0.4 is 16.4 Å². The number of hydrogen-bond acceptors (Lipinski definition) is 5. The molecule has 182 valence electrons. The van der Waals surface area contributed by atoms with Gasteiger partial charge in [-0.1, -0.05) is 42.5 Å². The summed E-state index contributed by atoms with van der Waals surface area (Å²) < 4.78 is 1.51. The summed E-state index contributed by atoms with van der Waals surface area (Å²) in [5.41, 5.74) is 17.9. The number of aromatic nitrogens is 2. The molecule has 1 aliphatic heterocycles. The van der Waals surface area contributed by atoms with Gasteiger partial charge in [0.1, 0.15) is 11.5 Å². The number of fused-ring (bicyclic) bond motifs is 1. The first kappa shape index (κ1) is 23.3. The number of nitrogen functional groups attached to an aromatic ring is 1. The second-order valence-corrected chi connectivity index (χ2v) is 9.19. The average Bonchev–Trinajstić information content (AvgIpc) is 3.22. The normalized spacial score (nSPS) is 13.2. The Morgan fingerprint density at radius 3 is 2.47 bits per heavy atom. The van der Waals surface area contributed by atoms with Crippen LogP contribution in [-0.4, -0.2) is 47.1 Å². The van der Waals surface area contributed by atoms with Crippen molar-refractivity contribution >= 4 is 23.3 Å². The molecule has 0 aliphatic carbocycles. The van der Waals surface area contributed by atoms with Crippen LogP contribution in [0.3, 0.4) is 0 Å². The maximum Gasteiger partial charge on any atom is 0.277 e. The first-order valence-corrected chi connectivity index (χ1v) is 11.8. The van der Waals surface area contributed by atoms with E-state index in [1.807, 2.05) is 18.2 Å². The fraction of sp³-hybridized carbons (Fsp3) is 0.179. The zero-order valence-corrected chi connectivity index (χ0v) is 20.3. The number of amides is 2. The number of carbonyl (C=O) groups is 2. The van der Waals surface area contributed by atoms with Crippen LogP contribution >= 0.6 is 0 Å². The van der Waals surface area contributed by atoms with E-state index in [1.165, 1.54) is 15.8 Å². The molecular weight excluding hydrogens is 452 g/mol. The number of hydrogen-bond donors (Lipinski definition) is 2. The summed E-state index contributed by atoms with van der Waals surface area (Å²) in [5, 5.41) is 4.42. The lowest BCUT2D eigenvalue weighted by Gasteiger charge is -2.28. The topological polar surface area (TPSA) is 110 Å². The number of nitrogens with zero attached hydrogens (tertiary/aromatic N) is 4. The van der Waals surface area contributed by atoms with E-state index >= 15 is 0 Å². The Bertz CT molecular complexity index is 1460. The van der Waals surface area contributed by atoms with Crippen LogP contribution in [-0.2, 0) is 13.0 Å². The van der Waals surface area contributed by atoms with E-state index in [-0.39, 0.29) is 5.91 Å². The molecule has 8 nitrogen and oxygen atoms in total. The molecule has 0 saturated carbocycles. The Morgan fingerprint density at radius 2 is 1.75 bits per heavy atom. The Hall–Kier alpha value is -4.43. The lowest BCUT2D eigenvalue weighted by Crippen LogP contribution is -2.38. The number of primary amides is 1. The van der Waals surface area contributed by atoms with Gasteiger partial charge in [0.15, 0.2) is 0 Å². The lowest BCUT2D eigenvalue weighted by molar-refractivity contribution is 0.0971. The highest BCUT2D eigenvalue weighted by Gasteiger charge is 2.32. The van der Waals surface area contributed by atoms with Crippen molar-refractivity contribution in [2.24, 2.45) is 5.73 Å². The predicted molar refractivity (Wildman–Crippen MR) is 141 cm³/mol. The second-order valence-electron chi connectivity index (χ2n) is 9.19. The molecule has 0 atom stereocenters. The number of benzene rings is 3. The van der Waals surface area contributed by atoms with Crippen molar-refractivity contribution in [3.63, 3.8) is 0 Å². The van der Waals surface area contributed by atoms with Crippen LogP contribution in [0.1, 0.15) is 32.0 Å². The minimum atomic E-state index is -0.550. The summed E-state index contributed by atoms with van der Waals surface area (Å²) in [5.74, 6) is -0.424. The second kappa shape index (κ2) is 9.31. The highest BCUT2D eigenvalue weighted by atomic mass is 16.2. The van der Waals surface area contributed by atoms with Gasteiger partial charge in [-0.05, 0) is 67.5 Å². The van der Waals surface area contributed by atoms with E-state index in [0.29, 0.717) is 35.7 Å². The summed E-state index contributed by atoms with van der Waals surface area (Å²) in [7, 11) is 4.11. The van der Waals surface area contributed by atoms with Crippen LogP contribution in [0.15, 0.2) is 72.8 Å². The van der Waals surface area contributed by atoms with Gasteiger partial charge in [0, 0.05) is 29.9 Å². The van der Waals surface area contributed by atoms with Crippen molar-refractivity contribution in [1.29, 1.82) is 0 Å². The third-order valence-corrected chi connectivity index (χ3v) is 6.42. The van der Waals surface area contributed by atoms with Crippen molar-refractivity contribution in [3.05, 3.63) is 95.2 Å². The molecule has 8 heteroatoms. The Kier molecular flexibility index (Phi) is 6.03. The van der Waals surface area contributed by atoms with Crippen molar-refractivity contribution in [3.8, 4) is 16.8 Å². The maximum absolute atomic E-state index is 13.7. The van der Waals surface area contributed by atoms with E-state index in [2.05, 4.69) is 54.4 Å². The molecule has 0 spiro atoms. The van der Waals surface area contributed by atoms with Gasteiger partial charge in [-0.3, -0.25) is 9.59 Å². The minimum absolute atomic E-state index is 0.189. The van der Waals surface area contributed by atoms with Crippen LogP contribution in [0.2, 0.25) is 0 Å². The van der Waals surface area contributed by atoms with E-state index in [1.54, 1.807) is 29.2 Å². The minimum Gasteiger partial charge on any atom is -0.382 e. The van der Waals surface area contributed by atoms with Crippen LogP contribution in [0.4, 0.5) is 11.5 Å². The fourth-order valence-electron chi connectivity index (χ4n) is 4.71. The quantitative estimate of drug-likeness (QED) is 0.439. The van der Waals surface area contributed by atoms with Gasteiger partial charge in [0.05, 0.1) is 5.69 Å². The maximum atomic E-state index is 13.7. The largest absolute Gasteiger partial charge is 0.382 e. The molecule has 2 amide bonds. The molecule has 0 radical (unpaired) electrons. The van der Waals surface area contributed by atoms with Gasteiger partial charge in [-0.25, -0.2) is 4.68 Å². The number of carbonyl (C=O) groups excluding carboxylic acids is 2. The SMILES string of the molecule is CN(C)Cc1ccccc1-c1ccc(N2CCc3c(N)nn(-c4cccc(C(N)=O)c4)c3C2=O)cc1. The molecule has 0 saturated heterocycles. The van der Waals surface area contributed by atoms with E-state index < -0.39 is 5.91 Å². The molecule has 0 bridgehead atoms. The molecule has 1 aromatic heterocycles. The first-order chi connectivity index (χ1) is 17.3. The summed E-state index contributed by atoms with van der Waals surface area (Å²) in [6.07, 6.45) is 0.579. The van der Waals surface area contributed by atoms with Crippen LogP contribution in [0, 0.1) is 0 Å². The molecule has 2 heterocycles. The van der Waals surface area contributed by atoms with E-state index in [9.17, 15) is 9.59 Å². The molecule has 4 N–H and O–H groups in total. The number of nitrogens with two attached hydrogens (primary N) is 2. The van der Waals surface area contributed by atoms with Gasteiger partial charge < -0.3 is 21.3 Å². The molecule has 5 rings (SSSR count). The highest BCUT2D eigenvalue weighted by molar-refractivity contribution is 6.08. The number of anilines is 2. The fourth-order valence-corrected chi connectivity index (χ4v) is 4.71. The Morgan fingerprint density at radius 1 is 1.00 bits per heavy atom. The van der Waals surface area contributed by atoms with Crippen LogP contribution in [0.25, 0.3) is 16.8 Å². The van der Waals surface area contributed by atoms with Gasteiger partial charge in [0.2, 0.25) is 5.91 Å². The molecule has 3 aromatic carbocycles. The number of rotatable bonds is 6. The lowest BCUT2D eigenvalue weighted by atomic mass is 9.98. The van der Waals surface area contributed by atoms with Crippen molar-refractivity contribution in [1.82, 2.24) is 14.7 Å². The Labute approximate surface area is 209 Å².